The highest BCUT2D eigenvalue weighted by Crippen LogP contribution is 2.31. The van der Waals surface area contributed by atoms with Gasteiger partial charge in [0.2, 0.25) is 5.56 Å². The molecule has 0 atom stereocenters. The molecule has 0 unspecified atom stereocenters. The molecule has 3 nitrogen and oxygen atoms in total. The van der Waals surface area contributed by atoms with E-state index in [4.69, 9.17) is 5.73 Å². The molecule has 0 spiro atoms. The van der Waals surface area contributed by atoms with Gasteiger partial charge in [0.15, 0.2) is 0 Å². The van der Waals surface area contributed by atoms with E-state index in [1.807, 2.05) is 0 Å². The van der Waals surface area contributed by atoms with Gasteiger partial charge in [-0.25, -0.2) is 0 Å². The van der Waals surface area contributed by atoms with Crippen LogP contribution in [-0.2, 0) is 12.7 Å². The van der Waals surface area contributed by atoms with Crippen LogP contribution in [0.15, 0.2) is 41.2 Å². The summed E-state index contributed by atoms with van der Waals surface area (Å²) in [5.41, 5.74) is 5.46. The average molecular weight is 268 g/mol. The molecule has 100 valence electrons. The number of alkyl halides is 3. The van der Waals surface area contributed by atoms with Crippen LogP contribution < -0.4 is 11.3 Å². The van der Waals surface area contributed by atoms with Crippen molar-refractivity contribution in [3.05, 3.63) is 57.9 Å². The van der Waals surface area contributed by atoms with E-state index >= 15 is 0 Å². The van der Waals surface area contributed by atoms with Gasteiger partial charge in [-0.15, -0.1) is 0 Å². The minimum Gasteiger partial charge on any atom is -0.326 e. The third kappa shape index (κ3) is 3.03. The summed E-state index contributed by atoms with van der Waals surface area (Å²) in [6, 6.07) is 7.65. The second kappa shape index (κ2) is 4.89. The van der Waals surface area contributed by atoms with Gasteiger partial charge in [-0.3, -0.25) is 4.79 Å². The molecule has 6 heteroatoms. The summed E-state index contributed by atoms with van der Waals surface area (Å²) in [5.74, 6) is 0. The Morgan fingerprint density at radius 2 is 1.89 bits per heavy atom. The SMILES string of the molecule is NCc1cc(-c2cccc(C(F)(F)F)c2)[nH]c(=O)c1. The van der Waals surface area contributed by atoms with Crippen LogP contribution >= 0.6 is 0 Å². The van der Waals surface area contributed by atoms with Crippen LogP contribution in [0.25, 0.3) is 11.3 Å². The van der Waals surface area contributed by atoms with Gasteiger partial charge in [0, 0.05) is 18.3 Å². The van der Waals surface area contributed by atoms with Crippen molar-refractivity contribution in [3.8, 4) is 11.3 Å². The zero-order valence-electron chi connectivity index (χ0n) is 9.79. The molecule has 0 amide bonds. The quantitative estimate of drug-likeness (QED) is 0.879. The highest BCUT2D eigenvalue weighted by Gasteiger charge is 2.30. The molecule has 1 heterocycles. The Morgan fingerprint density at radius 1 is 1.16 bits per heavy atom. The third-order valence-electron chi connectivity index (χ3n) is 2.64. The minimum atomic E-state index is -4.41. The zero-order chi connectivity index (χ0) is 14.0. The predicted molar refractivity (Wildman–Crippen MR) is 65.4 cm³/mol. The van der Waals surface area contributed by atoms with Crippen molar-refractivity contribution in [2.45, 2.75) is 12.7 Å². The number of nitrogens with two attached hydrogens (primary N) is 1. The smallest absolute Gasteiger partial charge is 0.326 e. The van der Waals surface area contributed by atoms with Crippen LogP contribution in [0.4, 0.5) is 13.2 Å². The van der Waals surface area contributed by atoms with E-state index in [1.165, 1.54) is 18.2 Å². The number of halogens is 3. The van der Waals surface area contributed by atoms with E-state index in [9.17, 15) is 18.0 Å². The molecule has 19 heavy (non-hydrogen) atoms. The first-order chi connectivity index (χ1) is 8.90. The molecule has 0 aliphatic carbocycles. The number of benzene rings is 1. The van der Waals surface area contributed by atoms with Gasteiger partial charge < -0.3 is 10.7 Å². The maximum absolute atomic E-state index is 12.6. The number of pyridine rings is 1. The third-order valence-corrected chi connectivity index (χ3v) is 2.64. The number of rotatable bonds is 2. The van der Waals surface area contributed by atoms with Gasteiger partial charge in [0.25, 0.3) is 0 Å². The fourth-order valence-electron chi connectivity index (χ4n) is 1.74. The van der Waals surface area contributed by atoms with E-state index in [1.54, 1.807) is 6.07 Å². The van der Waals surface area contributed by atoms with Crippen molar-refractivity contribution in [2.24, 2.45) is 5.73 Å². The van der Waals surface area contributed by atoms with Crippen molar-refractivity contribution in [3.63, 3.8) is 0 Å². The van der Waals surface area contributed by atoms with Crippen LogP contribution in [0.3, 0.4) is 0 Å². The lowest BCUT2D eigenvalue weighted by molar-refractivity contribution is -0.137. The summed E-state index contributed by atoms with van der Waals surface area (Å²) in [5, 5.41) is 0. The predicted octanol–water partition coefficient (Wildman–Crippen LogP) is 2.52. The molecule has 0 aliphatic rings. The summed E-state index contributed by atoms with van der Waals surface area (Å²) >= 11 is 0. The van der Waals surface area contributed by atoms with Crippen LogP contribution in [0.1, 0.15) is 11.1 Å². The molecular weight excluding hydrogens is 257 g/mol. The highest BCUT2D eigenvalue weighted by molar-refractivity contribution is 5.60. The Balaban J connectivity index is 2.53. The minimum absolute atomic E-state index is 0.149. The summed E-state index contributed by atoms with van der Waals surface area (Å²) < 4.78 is 37.8. The number of aromatic amines is 1. The zero-order valence-corrected chi connectivity index (χ0v) is 9.79. The maximum atomic E-state index is 12.6. The molecule has 1 aromatic heterocycles. The first-order valence-corrected chi connectivity index (χ1v) is 5.51. The normalized spacial score (nSPS) is 11.6. The van der Waals surface area contributed by atoms with Crippen molar-refractivity contribution < 1.29 is 13.2 Å². The molecular formula is C13H11F3N2O. The molecule has 0 saturated carbocycles. The van der Waals surface area contributed by atoms with Crippen molar-refractivity contribution >= 4 is 0 Å². The maximum Gasteiger partial charge on any atom is 0.416 e. The highest BCUT2D eigenvalue weighted by atomic mass is 19.4. The first kappa shape index (κ1) is 13.4. The van der Waals surface area contributed by atoms with E-state index in [-0.39, 0.29) is 6.54 Å². The average Bonchev–Trinajstić information content (AvgIpc) is 2.37. The molecule has 3 N–H and O–H groups in total. The lowest BCUT2D eigenvalue weighted by atomic mass is 10.1. The standard InChI is InChI=1S/C13H11F3N2O/c14-13(15,16)10-3-1-2-9(6-10)11-4-8(7-17)5-12(19)18-11/h1-6H,7,17H2,(H,18,19). The number of aromatic nitrogens is 1. The Labute approximate surface area is 106 Å². The Morgan fingerprint density at radius 3 is 2.53 bits per heavy atom. The fourth-order valence-corrected chi connectivity index (χ4v) is 1.74. The number of hydrogen-bond donors (Lipinski definition) is 2. The topological polar surface area (TPSA) is 58.9 Å². The Hall–Kier alpha value is -2.08. The largest absolute Gasteiger partial charge is 0.416 e. The second-order valence-electron chi connectivity index (χ2n) is 4.05. The fraction of sp³-hybridized carbons (Fsp3) is 0.154. The molecule has 1 aromatic carbocycles. The molecule has 2 aromatic rings. The number of H-pyrrole nitrogens is 1. The summed E-state index contributed by atoms with van der Waals surface area (Å²) in [7, 11) is 0. The number of hydrogen-bond acceptors (Lipinski definition) is 2. The van der Waals surface area contributed by atoms with Crippen molar-refractivity contribution in [1.29, 1.82) is 0 Å². The lowest BCUT2D eigenvalue weighted by Crippen LogP contribution is -2.10. The van der Waals surface area contributed by atoms with Gasteiger partial charge in [-0.1, -0.05) is 12.1 Å². The summed E-state index contributed by atoms with van der Waals surface area (Å²) in [6.45, 7) is 0.149. The molecule has 0 aliphatic heterocycles. The summed E-state index contributed by atoms with van der Waals surface area (Å²) in [4.78, 5) is 13.9. The molecule has 2 rings (SSSR count). The van der Waals surface area contributed by atoms with Crippen LogP contribution in [0, 0.1) is 0 Å². The first-order valence-electron chi connectivity index (χ1n) is 5.51. The lowest BCUT2D eigenvalue weighted by Gasteiger charge is -2.09. The van der Waals surface area contributed by atoms with Crippen molar-refractivity contribution in [1.82, 2.24) is 4.98 Å². The van der Waals surface area contributed by atoms with Crippen LogP contribution in [0.2, 0.25) is 0 Å². The van der Waals surface area contributed by atoms with Crippen LogP contribution in [0.5, 0.6) is 0 Å². The van der Waals surface area contributed by atoms with E-state index in [0.29, 0.717) is 16.8 Å². The van der Waals surface area contributed by atoms with E-state index in [2.05, 4.69) is 4.98 Å². The number of nitrogens with one attached hydrogen (secondary N) is 1. The molecule has 0 saturated heterocycles. The second-order valence-corrected chi connectivity index (χ2v) is 4.05. The van der Waals surface area contributed by atoms with Crippen LogP contribution in [-0.4, -0.2) is 4.98 Å². The van der Waals surface area contributed by atoms with Gasteiger partial charge in [-0.2, -0.15) is 13.2 Å². The molecule has 0 radical (unpaired) electrons. The monoisotopic (exact) mass is 268 g/mol. The van der Waals surface area contributed by atoms with E-state index < -0.39 is 17.3 Å². The van der Waals surface area contributed by atoms with Gasteiger partial charge in [-0.05, 0) is 29.3 Å². The van der Waals surface area contributed by atoms with Gasteiger partial charge in [0.1, 0.15) is 0 Å². The Bertz CT molecular complexity index is 647. The Kier molecular flexibility index (Phi) is 3.44. The molecule has 0 bridgehead atoms. The van der Waals surface area contributed by atoms with E-state index in [0.717, 1.165) is 12.1 Å². The van der Waals surface area contributed by atoms with Gasteiger partial charge >= 0.3 is 6.18 Å². The summed E-state index contributed by atoms with van der Waals surface area (Å²) in [6.07, 6.45) is -4.41. The van der Waals surface area contributed by atoms with Gasteiger partial charge in [0.05, 0.1) is 5.56 Å². The van der Waals surface area contributed by atoms with Crippen molar-refractivity contribution in [2.75, 3.05) is 0 Å². The molecule has 0 fully saturated rings.